The molecule has 7 nitrogen and oxygen atoms in total. The Hall–Kier alpha value is -2.16. The summed E-state index contributed by atoms with van der Waals surface area (Å²) in [6.45, 7) is 5.74. The molecule has 1 amide bonds. The van der Waals surface area contributed by atoms with Crippen LogP contribution in [0, 0.1) is 19.8 Å². The number of ether oxygens (including phenoxy) is 2. The van der Waals surface area contributed by atoms with Gasteiger partial charge in [-0.2, -0.15) is 0 Å². The zero-order chi connectivity index (χ0) is 24.6. The van der Waals surface area contributed by atoms with Gasteiger partial charge in [-0.1, -0.05) is 11.6 Å². The van der Waals surface area contributed by atoms with E-state index in [1.807, 2.05) is 40.1 Å². The lowest BCUT2D eigenvalue weighted by Gasteiger charge is -2.37. The molecule has 0 bridgehead atoms. The van der Waals surface area contributed by atoms with E-state index in [0.717, 1.165) is 36.3 Å². The molecule has 2 aliphatic rings. The second kappa shape index (κ2) is 9.84. The number of carbonyl (C=O) groups is 1. The lowest BCUT2D eigenvalue weighted by atomic mass is 9.81. The largest absolute Gasteiger partial charge is 0.448 e. The Balaban J connectivity index is 1.53. The van der Waals surface area contributed by atoms with Crippen molar-refractivity contribution in [2.75, 3.05) is 13.3 Å². The minimum atomic E-state index is -0.813. The van der Waals surface area contributed by atoms with Crippen LogP contribution in [-0.2, 0) is 6.54 Å². The maximum atomic E-state index is 13.1. The fourth-order valence-electron chi connectivity index (χ4n) is 4.95. The van der Waals surface area contributed by atoms with Gasteiger partial charge < -0.3 is 25.1 Å². The van der Waals surface area contributed by atoms with Crippen molar-refractivity contribution < 1.29 is 14.3 Å². The summed E-state index contributed by atoms with van der Waals surface area (Å²) in [5, 5.41) is 6.56. The Bertz CT molecular complexity index is 1160. The summed E-state index contributed by atoms with van der Waals surface area (Å²) in [5.41, 5.74) is 2.19. The van der Waals surface area contributed by atoms with E-state index in [4.69, 9.17) is 21.1 Å². The molecule has 1 fully saturated rings. The van der Waals surface area contributed by atoms with E-state index in [0.29, 0.717) is 39.3 Å². The summed E-state index contributed by atoms with van der Waals surface area (Å²) in [6.07, 6.45) is 6.02. The van der Waals surface area contributed by atoms with E-state index in [1.54, 1.807) is 6.07 Å². The van der Waals surface area contributed by atoms with Gasteiger partial charge in [-0.15, -0.1) is 11.8 Å². The number of carbonyl (C=O) groups excluding carboxylic acids is 1. The molecule has 1 saturated carbocycles. The van der Waals surface area contributed by atoms with Crippen LogP contribution < -0.4 is 25.7 Å². The van der Waals surface area contributed by atoms with Crippen LogP contribution in [0.3, 0.4) is 0 Å². The highest BCUT2D eigenvalue weighted by atomic mass is 35.5. The number of aromatic amines is 1. The van der Waals surface area contributed by atoms with Gasteiger partial charge in [0.2, 0.25) is 0 Å². The van der Waals surface area contributed by atoms with Gasteiger partial charge in [0.05, 0.1) is 5.02 Å². The Morgan fingerprint density at radius 2 is 1.88 bits per heavy atom. The molecule has 1 aliphatic carbocycles. The minimum absolute atomic E-state index is 0.114. The molecule has 2 aromatic rings. The van der Waals surface area contributed by atoms with Gasteiger partial charge in [0.25, 0.3) is 17.3 Å². The molecule has 1 aromatic heterocycles. The highest BCUT2D eigenvalue weighted by Crippen LogP contribution is 2.51. The Kier molecular flexibility index (Phi) is 7.22. The quantitative estimate of drug-likeness (QED) is 0.498. The lowest BCUT2D eigenvalue weighted by molar-refractivity contribution is -0.121. The van der Waals surface area contributed by atoms with Gasteiger partial charge in [0, 0.05) is 52.7 Å². The van der Waals surface area contributed by atoms with Gasteiger partial charge in [0.1, 0.15) is 0 Å². The van der Waals surface area contributed by atoms with Crippen LogP contribution in [0.5, 0.6) is 11.5 Å². The number of amides is 1. The summed E-state index contributed by atoms with van der Waals surface area (Å²) < 4.78 is 12.7. The smallest absolute Gasteiger partial charge is 0.254 e. The molecular weight excluding hydrogens is 474 g/mol. The maximum Gasteiger partial charge on any atom is 0.254 e. The molecule has 34 heavy (non-hydrogen) atoms. The van der Waals surface area contributed by atoms with Crippen LogP contribution in [-0.4, -0.2) is 36.0 Å². The number of aromatic nitrogens is 1. The fraction of sp³-hybridized carbons (Fsp3) is 0.520. The molecule has 2 heterocycles. The molecule has 0 unspecified atom stereocenters. The SMILES string of the molecule is CNC1CCC([C@@]2(C)Oc3c(Cl)cc(C(=O)NCc4c(SC)cc(C)[nH]c4=O)c(C)c3O2)CC1. The molecule has 1 atom stereocenters. The van der Waals surface area contributed by atoms with Crippen LogP contribution in [0.25, 0.3) is 0 Å². The van der Waals surface area contributed by atoms with E-state index in [2.05, 4.69) is 15.6 Å². The number of fused-ring (bicyclic) bond motifs is 1. The Morgan fingerprint density at radius 1 is 1.21 bits per heavy atom. The van der Waals surface area contributed by atoms with Gasteiger partial charge in [-0.3, -0.25) is 9.59 Å². The number of nitrogens with one attached hydrogen (secondary N) is 3. The molecule has 0 radical (unpaired) electrons. The van der Waals surface area contributed by atoms with Crippen molar-refractivity contribution in [3.8, 4) is 11.5 Å². The van der Waals surface area contributed by atoms with E-state index in [9.17, 15) is 9.59 Å². The fourth-order valence-corrected chi connectivity index (χ4v) is 5.89. The first-order valence-electron chi connectivity index (χ1n) is 11.6. The predicted molar refractivity (Wildman–Crippen MR) is 135 cm³/mol. The standard InChI is InChI=1S/C25H32ClN3O4S/c1-13-10-20(34-5)18(24(31)29-13)12-28-23(30)17-11-19(26)22-21(14(17)2)32-25(3,33-22)15-6-8-16(27-4)9-7-15/h10-11,15-16,27H,6-9,12H2,1-5H3,(H,28,30)(H,29,31)/t15?,16?,25-/m1/s1. The molecule has 1 aromatic carbocycles. The Morgan fingerprint density at radius 3 is 2.53 bits per heavy atom. The topological polar surface area (TPSA) is 92.5 Å². The summed E-state index contributed by atoms with van der Waals surface area (Å²) in [6, 6.07) is 4.05. The number of benzene rings is 1. The summed E-state index contributed by atoms with van der Waals surface area (Å²) in [4.78, 5) is 29.2. The molecule has 4 rings (SSSR count). The maximum absolute atomic E-state index is 13.1. The van der Waals surface area contributed by atoms with Gasteiger partial charge in [-0.25, -0.2) is 0 Å². The third-order valence-corrected chi connectivity index (χ3v) is 8.13. The van der Waals surface area contributed by atoms with E-state index >= 15 is 0 Å². The summed E-state index contributed by atoms with van der Waals surface area (Å²) in [7, 11) is 2.00. The highest BCUT2D eigenvalue weighted by molar-refractivity contribution is 7.98. The first-order chi connectivity index (χ1) is 16.2. The molecular formula is C25H32ClN3O4S. The van der Waals surface area contributed by atoms with E-state index < -0.39 is 5.79 Å². The lowest BCUT2D eigenvalue weighted by Crippen LogP contribution is -2.46. The predicted octanol–water partition coefficient (Wildman–Crippen LogP) is 4.56. The number of aryl methyl sites for hydroxylation is 1. The van der Waals surface area contributed by atoms with Crippen molar-refractivity contribution in [3.63, 3.8) is 0 Å². The van der Waals surface area contributed by atoms with Crippen molar-refractivity contribution in [3.05, 3.63) is 49.9 Å². The second-order valence-corrected chi connectivity index (χ2v) is 10.5. The van der Waals surface area contributed by atoms with Crippen LogP contribution in [0.15, 0.2) is 21.8 Å². The molecule has 0 spiro atoms. The summed E-state index contributed by atoms with van der Waals surface area (Å²) in [5.74, 6) is 0.117. The van der Waals surface area contributed by atoms with Crippen molar-refractivity contribution in [1.29, 1.82) is 0 Å². The number of thioether (sulfide) groups is 1. The summed E-state index contributed by atoms with van der Waals surface area (Å²) >= 11 is 8.03. The van der Waals surface area contributed by atoms with Crippen molar-refractivity contribution >= 4 is 29.3 Å². The molecule has 184 valence electrons. The number of rotatable bonds is 6. The molecule has 1 aliphatic heterocycles. The minimum Gasteiger partial charge on any atom is -0.448 e. The average molecular weight is 506 g/mol. The third kappa shape index (κ3) is 4.68. The van der Waals surface area contributed by atoms with E-state index in [-0.39, 0.29) is 23.9 Å². The van der Waals surface area contributed by atoms with Gasteiger partial charge >= 0.3 is 0 Å². The van der Waals surface area contributed by atoms with Crippen molar-refractivity contribution in [1.82, 2.24) is 15.6 Å². The zero-order valence-corrected chi connectivity index (χ0v) is 21.8. The van der Waals surface area contributed by atoms with Crippen molar-refractivity contribution in [2.45, 2.75) is 69.7 Å². The molecule has 0 saturated heterocycles. The number of hydrogen-bond donors (Lipinski definition) is 3. The zero-order valence-electron chi connectivity index (χ0n) is 20.3. The van der Waals surface area contributed by atoms with Crippen LogP contribution in [0.2, 0.25) is 5.02 Å². The number of halogens is 1. The molecule has 3 N–H and O–H groups in total. The van der Waals surface area contributed by atoms with Gasteiger partial charge in [0.15, 0.2) is 11.5 Å². The number of hydrogen-bond acceptors (Lipinski definition) is 6. The average Bonchev–Trinajstić information content (AvgIpc) is 3.20. The second-order valence-electron chi connectivity index (χ2n) is 9.26. The van der Waals surface area contributed by atoms with E-state index in [1.165, 1.54) is 11.8 Å². The first-order valence-corrected chi connectivity index (χ1v) is 13.2. The van der Waals surface area contributed by atoms with Gasteiger partial charge in [-0.05, 0) is 65.0 Å². The third-order valence-electron chi connectivity index (χ3n) is 7.05. The monoisotopic (exact) mass is 505 g/mol. The normalized spacial score (nSPS) is 23.7. The Labute approximate surface area is 209 Å². The van der Waals surface area contributed by atoms with Crippen molar-refractivity contribution in [2.24, 2.45) is 5.92 Å². The van der Waals surface area contributed by atoms with Crippen LogP contribution in [0.4, 0.5) is 0 Å². The van der Waals surface area contributed by atoms with Crippen LogP contribution in [0.1, 0.15) is 59.8 Å². The van der Waals surface area contributed by atoms with Crippen LogP contribution >= 0.6 is 23.4 Å². The number of pyridine rings is 1. The molecule has 9 heteroatoms. The first kappa shape index (κ1) is 24.9. The highest BCUT2D eigenvalue weighted by Gasteiger charge is 2.47. The number of H-pyrrole nitrogens is 1.